The van der Waals surface area contributed by atoms with E-state index in [4.69, 9.17) is 4.74 Å². The zero-order valence-corrected chi connectivity index (χ0v) is 17.2. The Bertz CT molecular complexity index is 560. The smallest absolute Gasteiger partial charge is 0.136 e. The number of fused-ring (bicyclic) bond motifs is 5. The molecule has 4 saturated carbocycles. The Morgan fingerprint density at radius 2 is 1.85 bits per heavy atom. The molecule has 0 amide bonds. The minimum absolute atomic E-state index is 0.179. The SMILES string of the molecule is CO[C@@H]1C[C@@H]2[C@H](CC[C@]3(C(C)=O)[C@@H](CO)CC[C@@H]23)[C@@]2(C)CC[C@@H](C)C[C@H]12. The quantitative estimate of drug-likeness (QED) is 0.806. The highest BCUT2D eigenvalue weighted by Crippen LogP contribution is 2.68. The van der Waals surface area contributed by atoms with Crippen molar-refractivity contribution >= 4 is 5.78 Å². The van der Waals surface area contributed by atoms with Crippen molar-refractivity contribution in [1.82, 2.24) is 0 Å². The van der Waals surface area contributed by atoms with Crippen molar-refractivity contribution in [2.45, 2.75) is 78.2 Å². The van der Waals surface area contributed by atoms with Crippen LogP contribution in [0, 0.1) is 46.3 Å². The summed E-state index contributed by atoms with van der Waals surface area (Å²) in [7, 11) is 1.90. The number of aliphatic hydroxyl groups excluding tert-OH is 1. The molecule has 0 aromatic heterocycles. The summed E-state index contributed by atoms with van der Waals surface area (Å²) in [5.74, 6) is 3.82. The third kappa shape index (κ3) is 2.42. The Morgan fingerprint density at radius 3 is 2.50 bits per heavy atom. The fourth-order valence-corrected chi connectivity index (χ4v) is 8.49. The van der Waals surface area contributed by atoms with Gasteiger partial charge in [0.25, 0.3) is 0 Å². The lowest BCUT2D eigenvalue weighted by Crippen LogP contribution is -2.59. The molecule has 0 aromatic carbocycles. The van der Waals surface area contributed by atoms with Gasteiger partial charge in [-0.1, -0.05) is 20.3 Å². The summed E-state index contributed by atoms with van der Waals surface area (Å²) in [4.78, 5) is 12.9. The second-order valence-corrected chi connectivity index (χ2v) is 10.5. The number of methoxy groups -OCH3 is 1. The van der Waals surface area contributed by atoms with E-state index in [0.717, 1.165) is 37.5 Å². The Morgan fingerprint density at radius 1 is 1.08 bits per heavy atom. The molecule has 0 spiro atoms. The molecule has 0 heterocycles. The number of ether oxygens (including phenoxy) is 1. The summed E-state index contributed by atoms with van der Waals surface area (Å²) >= 11 is 0. The van der Waals surface area contributed by atoms with E-state index >= 15 is 0 Å². The van der Waals surface area contributed by atoms with E-state index < -0.39 is 0 Å². The lowest BCUT2D eigenvalue weighted by atomic mass is 9.43. The van der Waals surface area contributed by atoms with Gasteiger partial charge in [0.15, 0.2) is 0 Å². The molecule has 0 aromatic rings. The first kappa shape index (κ1) is 18.9. The maximum Gasteiger partial charge on any atom is 0.136 e. The van der Waals surface area contributed by atoms with Crippen LogP contribution in [-0.4, -0.2) is 30.7 Å². The molecule has 0 unspecified atom stereocenters. The minimum atomic E-state index is -0.251. The highest BCUT2D eigenvalue weighted by atomic mass is 16.5. The zero-order valence-electron chi connectivity index (χ0n) is 17.2. The lowest BCUT2D eigenvalue weighted by Gasteiger charge is -2.62. The molecule has 1 N–H and O–H groups in total. The molecule has 26 heavy (non-hydrogen) atoms. The topological polar surface area (TPSA) is 46.5 Å². The Balaban J connectivity index is 1.71. The van der Waals surface area contributed by atoms with Crippen molar-refractivity contribution < 1.29 is 14.6 Å². The van der Waals surface area contributed by atoms with Gasteiger partial charge in [-0.25, -0.2) is 0 Å². The van der Waals surface area contributed by atoms with Crippen LogP contribution < -0.4 is 0 Å². The van der Waals surface area contributed by atoms with Gasteiger partial charge in [-0.3, -0.25) is 4.79 Å². The highest BCUT2D eigenvalue weighted by molar-refractivity contribution is 5.83. The Labute approximate surface area is 159 Å². The summed E-state index contributed by atoms with van der Waals surface area (Å²) in [6.07, 6.45) is 9.78. The standard InChI is InChI=1S/C23H38O3/c1-14-7-9-22(3)18-8-10-23(15(2)25)16(13-24)5-6-19(23)17(18)12-21(26-4)20(22)11-14/h14,16-21,24H,5-13H2,1-4H3/t14-,16-,17-,18+,19+,20-,21-,22-,23+/m1/s1. The molecule has 4 aliphatic rings. The molecular formula is C23H38O3. The van der Waals surface area contributed by atoms with E-state index in [-0.39, 0.29) is 17.9 Å². The van der Waals surface area contributed by atoms with Crippen molar-refractivity contribution in [3.05, 3.63) is 0 Å². The first-order valence-corrected chi connectivity index (χ1v) is 11.0. The number of aliphatic hydroxyl groups is 1. The molecule has 4 rings (SSSR count). The average Bonchev–Trinajstić information content (AvgIpc) is 3.02. The van der Waals surface area contributed by atoms with E-state index in [9.17, 15) is 9.90 Å². The van der Waals surface area contributed by atoms with Crippen molar-refractivity contribution in [3.8, 4) is 0 Å². The molecular weight excluding hydrogens is 324 g/mol. The Kier molecular flexibility index (Phi) is 4.79. The van der Waals surface area contributed by atoms with Crippen LogP contribution in [0.4, 0.5) is 0 Å². The lowest BCUT2D eigenvalue weighted by molar-refractivity contribution is -0.179. The minimum Gasteiger partial charge on any atom is -0.396 e. The second-order valence-electron chi connectivity index (χ2n) is 10.5. The molecule has 4 fully saturated rings. The maximum atomic E-state index is 12.9. The van der Waals surface area contributed by atoms with Crippen LogP contribution in [0.15, 0.2) is 0 Å². The fourth-order valence-electron chi connectivity index (χ4n) is 8.49. The summed E-state index contributed by atoms with van der Waals surface area (Å²) in [5, 5.41) is 10.0. The molecule has 0 saturated heterocycles. The second kappa shape index (κ2) is 6.58. The van der Waals surface area contributed by atoms with Gasteiger partial charge in [0.05, 0.1) is 6.10 Å². The Hall–Kier alpha value is -0.410. The van der Waals surface area contributed by atoms with E-state index in [1.54, 1.807) is 6.92 Å². The van der Waals surface area contributed by atoms with E-state index in [1.807, 2.05) is 7.11 Å². The van der Waals surface area contributed by atoms with E-state index in [2.05, 4.69) is 13.8 Å². The van der Waals surface area contributed by atoms with Crippen LogP contribution in [0.2, 0.25) is 0 Å². The van der Waals surface area contributed by atoms with Crippen LogP contribution in [0.3, 0.4) is 0 Å². The first-order chi connectivity index (χ1) is 12.4. The third-order valence-electron chi connectivity index (χ3n) is 9.78. The highest BCUT2D eigenvalue weighted by Gasteiger charge is 2.64. The maximum absolute atomic E-state index is 12.9. The van der Waals surface area contributed by atoms with Gasteiger partial charge in [-0.05, 0) is 92.8 Å². The fraction of sp³-hybridized carbons (Fsp3) is 0.957. The van der Waals surface area contributed by atoms with Gasteiger partial charge in [0.2, 0.25) is 0 Å². The average molecular weight is 363 g/mol. The van der Waals surface area contributed by atoms with Gasteiger partial charge in [0, 0.05) is 19.1 Å². The van der Waals surface area contributed by atoms with Crippen LogP contribution in [0.25, 0.3) is 0 Å². The van der Waals surface area contributed by atoms with E-state index in [0.29, 0.717) is 35.1 Å². The van der Waals surface area contributed by atoms with E-state index in [1.165, 1.54) is 25.7 Å². The first-order valence-electron chi connectivity index (χ1n) is 11.0. The van der Waals surface area contributed by atoms with Gasteiger partial charge in [-0.15, -0.1) is 0 Å². The van der Waals surface area contributed by atoms with Crippen LogP contribution in [0.1, 0.15) is 72.1 Å². The predicted molar refractivity (Wildman–Crippen MR) is 103 cm³/mol. The number of hydrogen-bond donors (Lipinski definition) is 1. The van der Waals surface area contributed by atoms with Crippen molar-refractivity contribution in [2.24, 2.45) is 46.3 Å². The molecule has 0 aliphatic heterocycles. The molecule has 3 heteroatoms. The van der Waals surface area contributed by atoms with Crippen LogP contribution in [-0.2, 0) is 9.53 Å². The number of rotatable bonds is 3. The normalized spacial score (nSPS) is 53.5. The van der Waals surface area contributed by atoms with Crippen LogP contribution in [0.5, 0.6) is 0 Å². The summed E-state index contributed by atoms with van der Waals surface area (Å²) in [6.45, 7) is 6.93. The van der Waals surface area contributed by atoms with Gasteiger partial charge < -0.3 is 9.84 Å². The summed E-state index contributed by atoms with van der Waals surface area (Å²) in [6, 6.07) is 0. The molecule has 148 valence electrons. The number of carbonyl (C=O) groups is 1. The number of carbonyl (C=O) groups excluding carboxylic acids is 1. The van der Waals surface area contributed by atoms with Crippen LogP contribution >= 0.6 is 0 Å². The van der Waals surface area contributed by atoms with Gasteiger partial charge >= 0.3 is 0 Å². The predicted octanol–water partition coefficient (Wildman–Crippen LogP) is 4.47. The van der Waals surface area contributed by atoms with Gasteiger partial charge in [0.1, 0.15) is 5.78 Å². The largest absolute Gasteiger partial charge is 0.396 e. The summed E-state index contributed by atoms with van der Waals surface area (Å²) < 4.78 is 6.08. The molecule has 4 aliphatic carbocycles. The van der Waals surface area contributed by atoms with Crippen molar-refractivity contribution in [2.75, 3.05) is 13.7 Å². The van der Waals surface area contributed by atoms with Gasteiger partial charge in [-0.2, -0.15) is 0 Å². The monoisotopic (exact) mass is 362 g/mol. The molecule has 0 radical (unpaired) electrons. The molecule has 9 atom stereocenters. The molecule has 3 nitrogen and oxygen atoms in total. The number of ketones is 1. The molecule has 0 bridgehead atoms. The summed E-state index contributed by atoms with van der Waals surface area (Å²) in [5.41, 5.74) is 0.121. The third-order valence-corrected chi connectivity index (χ3v) is 9.78. The zero-order chi connectivity index (χ0) is 18.7. The van der Waals surface area contributed by atoms with Crippen molar-refractivity contribution in [1.29, 1.82) is 0 Å². The number of hydrogen-bond acceptors (Lipinski definition) is 3. The number of Topliss-reactive ketones (excluding diaryl/α,β-unsaturated/α-hetero) is 1. The van der Waals surface area contributed by atoms with Crippen molar-refractivity contribution in [3.63, 3.8) is 0 Å².